The third-order valence-corrected chi connectivity index (χ3v) is 4.31. The third kappa shape index (κ3) is 3.24. The van der Waals surface area contributed by atoms with Gasteiger partial charge in [-0.05, 0) is 23.8 Å². The number of imide groups is 1. The minimum absolute atomic E-state index is 0.186. The highest BCUT2D eigenvalue weighted by molar-refractivity contribution is 6.23. The number of rotatable bonds is 3. The standard InChI is InChI=1S/C19H17N5O3/c1-11(25)20-13-7-8-14-15(9-13)22-17-16(21-14)18(26)24(19(27)23-17)10-12-5-3-2-4-6-12/h2-9,16,21H,10H2,1H3,(H,20,25)(H,22,23,27)/t16-/m0/s1. The molecule has 2 aromatic rings. The van der Waals surface area contributed by atoms with E-state index in [1.165, 1.54) is 11.8 Å². The van der Waals surface area contributed by atoms with E-state index in [1.54, 1.807) is 18.2 Å². The van der Waals surface area contributed by atoms with Gasteiger partial charge < -0.3 is 10.6 Å². The molecule has 0 radical (unpaired) electrons. The van der Waals surface area contributed by atoms with E-state index in [-0.39, 0.29) is 24.2 Å². The third-order valence-electron chi connectivity index (χ3n) is 4.31. The number of carbonyl (C=O) groups excluding carboxylic acids is 3. The minimum Gasteiger partial charge on any atom is -0.366 e. The second-order valence-electron chi connectivity index (χ2n) is 6.33. The van der Waals surface area contributed by atoms with Gasteiger partial charge in [0.2, 0.25) is 5.91 Å². The van der Waals surface area contributed by atoms with Crippen molar-refractivity contribution in [2.45, 2.75) is 19.5 Å². The summed E-state index contributed by atoms with van der Waals surface area (Å²) in [6, 6.07) is 13.2. The second kappa shape index (κ2) is 6.56. The Labute approximate surface area is 155 Å². The Morgan fingerprint density at radius 3 is 2.70 bits per heavy atom. The molecule has 1 saturated heterocycles. The van der Waals surface area contributed by atoms with E-state index in [4.69, 9.17) is 0 Å². The van der Waals surface area contributed by atoms with Crippen molar-refractivity contribution in [3.8, 4) is 0 Å². The first-order valence-electron chi connectivity index (χ1n) is 8.44. The fourth-order valence-electron chi connectivity index (χ4n) is 3.07. The molecule has 3 N–H and O–H groups in total. The van der Waals surface area contributed by atoms with Crippen molar-refractivity contribution < 1.29 is 14.4 Å². The fraction of sp³-hybridized carbons (Fsp3) is 0.158. The van der Waals surface area contributed by atoms with Gasteiger partial charge in [-0.1, -0.05) is 30.3 Å². The smallest absolute Gasteiger partial charge is 0.329 e. The average molecular weight is 363 g/mol. The lowest BCUT2D eigenvalue weighted by atomic mass is 10.1. The molecule has 1 fully saturated rings. The molecule has 136 valence electrons. The van der Waals surface area contributed by atoms with Crippen LogP contribution in [-0.4, -0.2) is 34.6 Å². The van der Waals surface area contributed by atoms with Gasteiger partial charge in [0, 0.05) is 12.6 Å². The zero-order valence-corrected chi connectivity index (χ0v) is 14.5. The summed E-state index contributed by atoms with van der Waals surface area (Å²) < 4.78 is 0. The predicted molar refractivity (Wildman–Crippen MR) is 101 cm³/mol. The zero-order chi connectivity index (χ0) is 19.0. The summed E-state index contributed by atoms with van der Waals surface area (Å²) in [5, 5.41) is 8.48. The Morgan fingerprint density at radius 1 is 1.19 bits per heavy atom. The van der Waals surface area contributed by atoms with Gasteiger partial charge in [0.1, 0.15) is 5.84 Å². The Hall–Kier alpha value is -3.68. The molecule has 2 aliphatic rings. The highest BCUT2D eigenvalue weighted by atomic mass is 16.2. The number of aliphatic imine (C=N–C) groups is 1. The highest BCUT2D eigenvalue weighted by Gasteiger charge is 2.40. The maximum atomic E-state index is 12.9. The largest absolute Gasteiger partial charge is 0.366 e. The SMILES string of the molecule is CC(=O)Nc1ccc2c(c1)N=C1NC(=O)N(Cc3ccccc3)C(=O)[C@H]1N2. The van der Waals surface area contributed by atoms with E-state index >= 15 is 0 Å². The molecule has 2 aromatic carbocycles. The van der Waals surface area contributed by atoms with E-state index < -0.39 is 12.1 Å². The zero-order valence-electron chi connectivity index (χ0n) is 14.5. The molecule has 0 bridgehead atoms. The van der Waals surface area contributed by atoms with Crippen LogP contribution >= 0.6 is 0 Å². The van der Waals surface area contributed by atoms with Crippen LogP contribution in [-0.2, 0) is 16.1 Å². The van der Waals surface area contributed by atoms with Crippen molar-refractivity contribution >= 4 is 40.7 Å². The maximum Gasteiger partial charge on any atom is 0.329 e. The molecule has 0 saturated carbocycles. The van der Waals surface area contributed by atoms with Gasteiger partial charge in [-0.3, -0.25) is 19.8 Å². The van der Waals surface area contributed by atoms with Crippen molar-refractivity contribution in [3.05, 3.63) is 54.1 Å². The monoisotopic (exact) mass is 363 g/mol. The summed E-state index contributed by atoms with van der Waals surface area (Å²) >= 11 is 0. The number of amides is 4. The minimum atomic E-state index is -0.759. The maximum absolute atomic E-state index is 12.9. The van der Waals surface area contributed by atoms with Crippen molar-refractivity contribution in [2.24, 2.45) is 4.99 Å². The first kappa shape index (κ1) is 16.8. The van der Waals surface area contributed by atoms with Crippen LogP contribution in [0.15, 0.2) is 53.5 Å². The molecule has 0 unspecified atom stereocenters. The van der Waals surface area contributed by atoms with Crippen LogP contribution in [0.3, 0.4) is 0 Å². The lowest BCUT2D eigenvalue weighted by Crippen LogP contribution is -2.63. The molecule has 4 rings (SSSR count). The molecule has 2 aliphatic heterocycles. The van der Waals surface area contributed by atoms with Gasteiger partial charge in [-0.25, -0.2) is 9.79 Å². The van der Waals surface area contributed by atoms with Crippen LogP contribution in [0.4, 0.5) is 21.9 Å². The molecule has 2 heterocycles. The Kier molecular flexibility index (Phi) is 4.08. The van der Waals surface area contributed by atoms with Crippen LogP contribution < -0.4 is 16.0 Å². The van der Waals surface area contributed by atoms with Gasteiger partial charge in [0.05, 0.1) is 17.9 Å². The molecule has 8 heteroatoms. The normalized spacial score (nSPS) is 17.9. The second-order valence-corrected chi connectivity index (χ2v) is 6.33. The van der Waals surface area contributed by atoms with Crippen molar-refractivity contribution in [1.29, 1.82) is 0 Å². The molecular formula is C19H17N5O3. The number of fused-ring (bicyclic) bond motifs is 2. The van der Waals surface area contributed by atoms with Crippen LogP contribution in [0, 0.1) is 0 Å². The number of nitrogens with zero attached hydrogens (tertiary/aromatic N) is 2. The number of amidine groups is 1. The van der Waals surface area contributed by atoms with Crippen LogP contribution in [0.5, 0.6) is 0 Å². The van der Waals surface area contributed by atoms with E-state index in [1.807, 2.05) is 30.3 Å². The molecule has 1 atom stereocenters. The Balaban J connectivity index is 1.60. The van der Waals surface area contributed by atoms with Crippen molar-refractivity contribution in [3.63, 3.8) is 0 Å². The number of hydrogen-bond acceptors (Lipinski definition) is 5. The van der Waals surface area contributed by atoms with Crippen molar-refractivity contribution in [2.75, 3.05) is 10.6 Å². The molecule has 0 aromatic heterocycles. The molecule has 0 spiro atoms. The number of hydrogen-bond donors (Lipinski definition) is 3. The molecule has 8 nitrogen and oxygen atoms in total. The molecule has 27 heavy (non-hydrogen) atoms. The van der Waals surface area contributed by atoms with Crippen LogP contribution in [0.25, 0.3) is 0 Å². The lowest BCUT2D eigenvalue weighted by molar-refractivity contribution is -0.128. The number of anilines is 2. The summed E-state index contributed by atoms with van der Waals surface area (Å²) in [7, 11) is 0. The van der Waals surface area contributed by atoms with E-state index in [2.05, 4.69) is 20.9 Å². The van der Waals surface area contributed by atoms with E-state index in [0.29, 0.717) is 17.1 Å². The molecule has 0 aliphatic carbocycles. The lowest BCUT2D eigenvalue weighted by Gasteiger charge is -2.35. The van der Waals surface area contributed by atoms with Gasteiger partial charge in [0.15, 0.2) is 6.04 Å². The fourth-order valence-corrected chi connectivity index (χ4v) is 3.07. The van der Waals surface area contributed by atoms with Crippen molar-refractivity contribution in [1.82, 2.24) is 10.2 Å². The Morgan fingerprint density at radius 2 is 1.96 bits per heavy atom. The van der Waals surface area contributed by atoms with E-state index in [0.717, 1.165) is 5.56 Å². The number of nitrogens with one attached hydrogen (secondary N) is 3. The first-order valence-corrected chi connectivity index (χ1v) is 8.44. The topological polar surface area (TPSA) is 103 Å². The number of benzene rings is 2. The average Bonchev–Trinajstić information content (AvgIpc) is 2.64. The van der Waals surface area contributed by atoms with Gasteiger partial charge >= 0.3 is 6.03 Å². The first-order chi connectivity index (χ1) is 13.0. The predicted octanol–water partition coefficient (Wildman–Crippen LogP) is 2.22. The van der Waals surface area contributed by atoms with Crippen LogP contribution in [0.2, 0.25) is 0 Å². The Bertz CT molecular complexity index is 971. The summed E-state index contributed by atoms with van der Waals surface area (Å²) in [6.07, 6.45) is 0. The quantitative estimate of drug-likeness (QED) is 0.778. The number of urea groups is 1. The molecular weight excluding hydrogens is 346 g/mol. The molecule has 4 amide bonds. The van der Waals surface area contributed by atoms with Gasteiger partial charge in [-0.15, -0.1) is 0 Å². The van der Waals surface area contributed by atoms with Gasteiger partial charge in [0.25, 0.3) is 5.91 Å². The highest BCUT2D eigenvalue weighted by Crippen LogP contribution is 2.33. The summed E-state index contributed by atoms with van der Waals surface area (Å²) in [6.45, 7) is 1.60. The van der Waals surface area contributed by atoms with Gasteiger partial charge in [-0.2, -0.15) is 0 Å². The van der Waals surface area contributed by atoms with Crippen LogP contribution in [0.1, 0.15) is 12.5 Å². The summed E-state index contributed by atoms with van der Waals surface area (Å²) in [5.41, 5.74) is 2.64. The number of carbonyl (C=O) groups is 3. The summed E-state index contributed by atoms with van der Waals surface area (Å²) in [5.74, 6) is -0.304. The van der Waals surface area contributed by atoms with E-state index in [9.17, 15) is 14.4 Å². The summed E-state index contributed by atoms with van der Waals surface area (Å²) in [4.78, 5) is 42.1.